The normalized spacial score (nSPS) is 16.0. The van der Waals surface area contributed by atoms with Gasteiger partial charge in [0.1, 0.15) is 12.1 Å². The van der Waals surface area contributed by atoms with Crippen molar-refractivity contribution >= 4 is 21.9 Å². The molecule has 1 saturated heterocycles. The number of hydrogen-bond acceptors (Lipinski definition) is 8. The Morgan fingerprint density at radius 1 is 0.950 bits per heavy atom. The molecule has 11 heteroatoms. The molecule has 1 unspecified atom stereocenters. The number of piperidine rings is 1. The first kappa shape index (κ1) is 29.5. The van der Waals surface area contributed by atoms with Gasteiger partial charge in [0.2, 0.25) is 5.88 Å². The van der Waals surface area contributed by atoms with E-state index in [9.17, 15) is 13.2 Å². The Hall–Kier alpha value is -3.51. The molecule has 0 aliphatic carbocycles. The lowest BCUT2D eigenvalue weighted by molar-refractivity contribution is -0.162. The SMILES string of the molecule is COc1ccc(NS(=O)(=O)N2CCCCC2C(=O)OC(COCc2ccccc2)COCc2ccccc2)cn1. The predicted molar refractivity (Wildman–Crippen MR) is 150 cm³/mol. The van der Waals surface area contributed by atoms with E-state index in [-0.39, 0.29) is 25.4 Å². The van der Waals surface area contributed by atoms with Crippen LogP contribution < -0.4 is 9.46 Å². The molecule has 0 spiro atoms. The minimum atomic E-state index is -4.05. The van der Waals surface area contributed by atoms with Crippen LogP contribution in [0, 0.1) is 0 Å². The van der Waals surface area contributed by atoms with E-state index >= 15 is 0 Å². The molecule has 1 N–H and O–H groups in total. The standard InChI is InChI=1S/C29H35N3O7S/c1-36-28-16-15-25(18-30-28)31-40(34,35)32-17-9-8-14-27(32)29(33)39-26(21-37-19-23-10-4-2-5-11-23)22-38-20-24-12-6-3-7-13-24/h2-7,10-13,15-16,18,26-27,31H,8-9,14,17,19-22H2,1H3. The van der Waals surface area contributed by atoms with Crippen molar-refractivity contribution in [3.63, 3.8) is 0 Å². The number of ether oxygens (including phenoxy) is 4. The molecule has 0 radical (unpaired) electrons. The average molecular weight is 570 g/mol. The summed E-state index contributed by atoms with van der Waals surface area (Å²) >= 11 is 0. The van der Waals surface area contributed by atoms with E-state index in [4.69, 9.17) is 18.9 Å². The van der Waals surface area contributed by atoms with Gasteiger partial charge < -0.3 is 18.9 Å². The minimum Gasteiger partial charge on any atom is -0.481 e. The van der Waals surface area contributed by atoms with Gasteiger partial charge in [-0.15, -0.1) is 0 Å². The van der Waals surface area contributed by atoms with Gasteiger partial charge in [0.05, 0.1) is 45.4 Å². The van der Waals surface area contributed by atoms with Crippen molar-refractivity contribution < 1.29 is 32.2 Å². The third-order valence-corrected chi connectivity index (χ3v) is 7.89. The number of nitrogens with zero attached hydrogens (tertiary/aromatic N) is 2. The van der Waals surface area contributed by atoms with Gasteiger partial charge in [0.15, 0.2) is 0 Å². The Labute approximate surface area is 235 Å². The molecule has 1 atom stereocenters. The third kappa shape index (κ3) is 8.75. The number of esters is 1. The van der Waals surface area contributed by atoms with Crippen LogP contribution in [0.25, 0.3) is 0 Å². The Bertz CT molecular complexity index is 1250. The lowest BCUT2D eigenvalue weighted by atomic mass is 10.1. The zero-order chi connectivity index (χ0) is 28.2. The van der Waals surface area contributed by atoms with Gasteiger partial charge in [0, 0.05) is 12.6 Å². The summed E-state index contributed by atoms with van der Waals surface area (Å²) in [7, 11) is -2.58. The number of benzene rings is 2. The number of carbonyl (C=O) groups is 1. The third-order valence-electron chi connectivity index (χ3n) is 6.34. The highest BCUT2D eigenvalue weighted by Crippen LogP contribution is 2.24. The summed E-state index contributed by atoms with van der Waals surface area (Å²) in [6.07, 6.45) is 2.33. The van der Waals surface area contributed by atoms with Crippen molar-refractivity contribution in [2.75, 3.05) is 31.6 Å². The van der Waals surface area contributed by atoms with Gasteiger partial charge >= 0.3 is 16.2 Å². The van der Waals surface area contributed by atoms with E-state index in [1.165, 1.54) is 13.3 Å². The van der Waals surface area contributed by atoms with Crippen molar-refractivity contribution in [3.05, 3.63) is 90.1 Å². The molecule has 3 aromatic rings. The summed E-state index contributed by atoms with van der Waals surface area (Å²) in [5.41, 5.74) is 2.24. The van der Waals surface area contributed by atoms with Crippen LogP contribution in [0.1, 0.15) is 30.4 Å². The molecule has 1 aromatic heterocycles. The molecular weight excluding hydrogens is 534 g/mol. The number of rotatable bonds is 14. The van der Waals surface area contributed by atoms with E-state index < -0.39 is 28.3 Å². The molecule has 40 heavy (non-hydrogen) atoms. The van der Waals surface area contributed by atoms with Gasteiger partial charge in [-0.1, -0.05) is 60.7 Å². The fourth-order valence-electron chi connectivity index (χ4n) is 4.32. The first-order chi connectivity index (χ1) is 19.4. The molecule has 0 saturated carbocycles. The molecule has 1 fully saturated rings. The number of nitrogens with one attached hydrogen (secondary N) is 1. The molecule has 10 nitrogen and oxygen atoms in total. The summed E-state index contributed by atoms with van der Waals surface area (Å²) in [5, 5.41) is 0. The van der Waals surface area contributed by atoms with Crippen molar-refractivity contribution in [2.24, 2.45) is 0 Å². The molecule has 0 amide bonds. The maximum Gasteiger partial charge on any atom is 0.324 e. The number of pyridine rings is 1. The Morgan fingerprint density at radius 2 is 1.57 bits per heavy atom. The largest absolute Gasteiger partial charge is 0.481 e. The van der Waals surface area contributed by atoms with Crippen molar-refractivity contribution in [1.29, 1.82) is 0 Å². The summed E-state index contributed by atoms with van der Waals surface area (Å²) < 4.78 is 52.7. The van der Waals surface area contributed by atoms with Gasteiger partial charge in [-0.25, -0.2) is 4.98 Å². The molecule has 2 aromatic carbocycles. The van der Waals surface area contributed by atoms with E-state index in [2.05, 4.69) is 9.71 Å². The van der Waals surface area contributed by atoms with Crippen LogP contribution in [0.4, 0.5) is 5.69 Å². The fraction of sp³-hybridized carbons (Fsp3) is 0.379. The summed E-state index contributed by atoms with van der Waals surface area (Å²) in [5.74, 6) is -0.271. The highest BCUT2D eigenvalue weighted by molar-refractivity contribution is 7.90. The van der Waals surface area contributed by atoms with Gasteiger partial charge in [0.25, 0.3) is 0 Å². The molecular formula is C29H35N3O7S. The number of carbonyl (C=O) groups excluding carboxylic acids is 1. The Morgan fingerprint density at radius 3 is 2.12 bits per heavy atom. The zero-order valence-corrected chi connectivity index (χ0v) is 23.3. The number of anilines is 1. The second-order valence-corrected chi connectivity index (χ2v) is 11.0. The maximum atomic E-state index is 13.4. The van der Waals surface area contributed by atoms with Crippen molar-refractivity contribution in [1.82, 2.24) is 9.29 Å². The van der Waals surface area contributed by atoms with Crippen LogP contribution in [-0.2, 0) is 42.4 Å². The number of hydrogen-bond donors (Lipinski definition) is 1. The highest BCUT2D eigenvalue weighted by Gasteiger charge is 2.39. The first-order valence-corrected chi connectivity index (χ1v) is 14.6. The van der Waals surface area contributed by atoms with Gasteiger partial charge in [-0.3, -0.25) is 9.52 Å². The van der Waals surface area contributed by atoms with Crippen molar-refractivity contribution in [3.8, 4) is 5.88 Å². The zero-order valence-electron chi connectivity index (χ0n) is 22.5. The Kier molecular flexibility index (Phi) is 10.9. The smallest absolute Gasteiger partial charge is 0.324 e. The second kappa shape index (κ2) is 14.8. The van der Waals surface area contributed by atoms with E-state index in [0.29, 0.717) is 38.4 Å². The number of aromatic nitrogens is 1. The summed E-state index contributed by atoms with van der Waals surface area (Å²) in [4.78, 5) is 17.4. The highest BCUT2D eigenvalue weighted by atomic mass is 32.2. The lowest BCUT2D eigenvalue weighted by Gasteiger charge is -2.34. The average Bonchev–Trinajstić information content (AvgIpc) is 2.98. The Balaban J connectivity index is 1.40. The van der Waals surface area contributed by atoms with Gasteiger partial charge in [-0.2, -0.15) is 12.7 Å². The van der Waals surface area contributed by atoms with Gasteiger partial charge in [-0.05, 0) is 36.5 Å². The topological polar surface area (TPSA) is 116 Å². The van der Waals surface area contributed by atoms with E-state index in [0.717, 1.165) is 15.4 Å². The molecule has 0 bridgehead atoms. The van der Waals surface area contributed by atoms with Crippen LogP contribution in [0.2, 0.25) is 0 Å². The van der Waals surface area contributed by atoms with Crippen molar-refractivity contribution in [2.45, 2.75) is 44.6 Å². The number of methoxy groups -OCH3 is 1. The fourth-order valence-corrected chi connectivity index (χ4v) is 5.75. The van der Waals surface area contributed by atoms with Crippen LogP contribution in [-0.4, -0.2) is 62.7 Å². The molecule has 1 aliphatic heterocycles. The van der Waals surface area contributed by atoms with Crippen LogP contribution in [0.15, 0.2) is 79.0 Å². The molecule has 2 heterocycles. The van der Waals surface area contributed by atoms with E-state index in [1.807, 2.05) is 60.7 Å². The second-order valence-electron chi connectivity index (χ2n) is 9.38. The molecule has 4 rings (SSSR count). The van der Waals surface area contributed by atoms with Crippen LogP contribution >= 0.6 is 0 Å². The summed E-state index contributed by atoms with van der Waals surface area (Å²) in [6.45, 7) is 1.09. The van der Waals surface area contributed by atoms with E-state index in [1.54, 1.807) is 12.1 Å². The quantitative estimate of drug-likeness (QED) is 0.290. The molecule has 214 valence electrons. The monoisotopic (exact) mass is 569 g/mol. The first-order valence-electron chi connectivity index (χ1n) is 13.2. The van der Waals surface area contributed by atoms with Crippen LogP contribution in [0.5, 0.6) is 5.88 Å². The summed E-state index contributed by atoms with van der Waals surface area (Å²) in [6, 6.07) is 21.5. The van der Waals surface area contributed by atoms with Crippen LogP contribution in [0.3, 0.4) is 0 Å². The lowest BCUT2D eigenvalue weighted by Crippen LogP contribution is -2.51. The predicted octanol–water partition coefficient (Wildman–Crippen LogP) is 3.95. The molecule has 1 aliphatic rings. The minimum absolute atomic E-state index is 0.102. The maximum absolute atomic E-state index is 13.4.